The molecular formula is C20H22N2O4S. The van der Waals surface area contributed by atoms with Gasteiger partial charge in [-0.15, -0.1) is 0 Å². The highest BCUT2D eigenvalue weighted by atomic mass is 32.2. The molecule has 4 rings (SSSR count). The third-order valence-electron chi connectivity index (χ3n) is 5.52. The highest BCUT2D eigenvalue weighted by Gasteiger charge is 2.36. The molecule has 1 aromatic heterocycles. The Labute approximate surface area is 158 Å². The highest BCUT2D eigenvalue weighted by molar-refractivity contribution is 7.91. The van der Waals surface area contributed by atoms with Crippen molar-refractivity contribution < 1.29 is 13.2 Å². The zero-order valence-electron chi connectivity index (χ0n) is 15.0. The van der Waals surface area contributed by atoms with Gasteiger partial charge in [-0.2, -0.15) is 0 Å². The predicted octanol–water partition coefficient (Wildman–Crippen LogP) is 1.66. The van der Waals surface area contributed by atoms with E-state index in [1.807, 2.05) is 10.6 Å². The normalized spacial score (nSPS) is 21.6. The molecule has 2 aliphatic heterocycles. The molecule has 2 bridgehead atoms. The first-order valence-corrected chi connectivity index (χ1v) is 10.8. The number of amides is 1. The monoisotopic (exact) mass is 386 g/mol. The van der Waals surface area contributed by atoms with Crippen molar-refractivity contribution >= 4 is 15.7 Å². The number of likely N-dealkylation sites (tertiary alicyclic amines) is 1. The first kappa shape index (κ1) is 18.0. The van der Waals surface area contributed by atoms with Crippen molar-refractivity contribution in [2.75, 3.05) is 18.8 Å². The Morgan fingerprint density at radius 2 is 1.78 bits per heavy atom. The quantitative estimate of drug-likeness (QED) is 0.801. The molecule has 0 spiro atoms. The SMILES string of the molecule is O=C(CCS(=O)(=O)c1ccccc1)N1C[C@H]2C[C@H](C1)c1cccc(=O)n1C2. The lowest BCUT2D eigenvalue weighted by Crippen LogP contribution is -2.49. The first-order chi connectivity index (χ1) is 12.9. The predicted molar refractivity (Wildman–Crippen MR) is 101 cm³/mol. The summed E-state index contributed by atoms with van der Waals surface area (Å²) in [6.45, 7) is 1.75. The van der Waals surface area contributed by atoms with Gasteiger partial charge in [-0.05, 0) is 30.5 Å². The maximum atomic E-state index is 12.7. The number of pyridine rings is 1. The molecule has 0 radical (unpaired) electrons. The van der Waals surface area contributed by atoms with Crippen LogP contribution >= 0.6 is 0 Å². The molecule has 0 unspecified atom stereocenters. The molecule has 6 nitrogen and oxygen atoms in total. The van der Waals surface area contributed by atoms with Crippen molar-refractivity contribution in [3.63, 3.8) is 0 Å². The van der Waals surface area contributed by atoms with Gasteiger partial charge in [0.1, 0.15) is 0 Å². The molecule has 1 saturated heterocycles. The van der Waals surface area contributed by atoms with Crippen molar-refractivity contribution in [2.24, 2.45) is 5.92 Å². The minimum absolute atomic E-state index is 0.0101. The van der Waals surface area contributed by atoms with Crippen LogP contribution in [0.15, 0.2) is 58.2 Å². The van der Waals surface area contributed by atoms with Crippen molar-refractivity contribution in [3.05, 3.63) is 64.6 Å². The number of hydrogen-bond donors (Lipinski definition) is 0. The molecule has 0 aliphatic carbocycles. The number of carbonyl (C=O) groups is 1. The van der Waals surface area contributed by atoms with Crippen molar-refractivity contribution in [1.82, 2.24) is 9.47 Å². The van der Waals surface area contributed by atoms with Crippen LogP contribution in [-0.2, 0) is 21.2 Å². The summed E-state index contributed by atoms with van der Waals surface area (Å²) in [5.41, 5.74) is 0.990. The fourth-order valence-electron chi connectivity index (χ4n) is 4.23. The number of aromatic nitrogens is 1. The molecule has 2 aromatic rings. The smallest absolute Gasteiger partial charge is 0.250 e. The number of carbonyl (C=O) groups excluding carboxylic acids is 1. The number of rotatable bonds is 4. The lowest BCUT2D eigenvalue weighted by atomic mass is 9.83. The summed E-state index contributed by atoms with van der Waals surface area (Å²) < 4.78 is 26.6. The molecule has 0 saturated carbocycles. The Bertz CT molecular complexity index is 1010. The molecular weight excluding hydrogens is 364 g/mol. The van der Waals surface area contributed by atoms with Gasteiger partial charge in [0.25, 0.3) is 5.56 Å². The summed E-state index contributed by atoms with van der Waals surface area (Å²) in [5.74, 6) is 0.0700. The maximum absolute atomic E-state index is 12.7. The largest absolute Gasteiger partial charge is 0.342 e. The molecule has 1 aromatic carbocycles. The fourth-order valence-corrected chi connectivity index (χ4v) is 5.48. The van der Waals surface area contributed by atoms with Gasteiger partial charge in [-0.3, -0.25) is 9.59 Å². The third-order valence-corrected chi connectivity index (χ3v) is 7.25. The number of benzene rings is 1. The van der Waals surface area contributed by atoms with E-state index >= 15 is 0 Å². The second-order valence-corrected chi connectivity index (χ2v) is 9.49. The summed E-state index contributed by atoms with van der Waals surface area (Å²) in [5, 5.41) is 0. The van der Waals surface area contributed by atoms with Crippen molar-refractivity contribution in [3.8, 4) is 0 Å². The Kier molecular flexibility index (Phi) is 4.63. The van der Waals surface area contributed by atoms with Crippen LogP contribution < -0.4 is 5.56 Å². The van der Waals surface area contributed by atoms with Crippen LogP contribution in [0.4, 0.5) is 0 Å². The Balaban J connectivity index is 1.45. The number of fused-ring (bicyclic) bond motifs is 4. The molecule has 3 heterocycles. The second kappa shape index (κ2) is 6.96. The zero-order chi connectivity index (χ0) is 19.0. The average Bonchev–Trinajstić information content (AvgIpc) is 2.67. The Hall–Kier alpha value is -2.41. The topological polar surface area (TPSA) is 76.5 Å². The van der Waals surface area contributed by atoms with E-state index in [0.29, 0.717) is 19.6 Å². The molecule has 0 N–H and O–H groups in total. The second-order valence-electron chi connectivity index (χ2n) is 7.38. The molecule has 2 atom stereocenters. The van der Waals surface area contributed by atoms with E-state index in [1.54, 1.807) is 47.4 Å². The van der Waals surface area contributed by atoms with E-state index in [0.717, 1.165) is 12.1 Å². The summed E-state index contributed by atoms with van der Waals surface area (Å²) in [4.78, 5) is 26.8. The maximum Gasteiger partial charge on any atom is 0.250 e. The highest BCUT2D eigenvalue weighted by Crippen LogP contribution is 2.35. The van der Waals surface area contributed by atoms with Gasteiger partial charge in [0.2, 0.25) is 5.91 Å². The average molecular weight is 386 g/mol. The fraction of sp³-hybridized carbons (Fsp3) is 0.400. The van der Waals surface area contributed by atoms with E-state index in [4.69, 9.17) is 0 Å². The van der Waals surface area contributed by atoms with Crippen molar-refractivity contribution in [1.29, 1.82) is 0 Å². The van der Waals surface area contributed by atoms with Crippen LogP contribution in [0.1, 0.15) is 24.5 Å². The van der Waals surface area contributed by atoms with Gasteiger partial charge in [-0.25, -0.2) is 8.42 Å². The van der Waals surface area contributed by atoms with Gasteiger partial charge >= 0.3 is 0 Å². The third kappa shape index (κ3) is 3.56. The molecule has 1 fully saturated rings. The van der Waals surface area contributed by atoms with Crippen LogP contribution in [0.25, 0.3) is 0 Å². The van der Waals surface area contributed by atoms with Crippen LogP contribution in [0, 0.1) is 5.92 Å². The summed E-state index contributed by atoms with van der Waals surface area (Å²) in [6.07, 6.45) is 0.952. The van der Waals surface area contributed by atoms with E-state index in [-0.39, 0.29) is 40.4 Å². The van der Waals surface area contributed by atoms with E-state index in [1.165, 1.54) is 0 Å². The van der Waals surface area contributed by atoms with E-state index < -0.39 is 9.84 Å². The zero-order valence-corrected chi connectivity index (χ0v) is 15.8. The summed E-state index contributed by atoms with van der Waals surface area (Å²) in [7, 11) is -3.46. The van der Waals surface area contributed by atoms with Crippen LogP contribution in [0.3, 0.4) is 0 Å². The van der Waals surface area contributed by atoms with Gasteiger partial charge in [0, 0.05) is 43.7 Å². The van der Waals surface area contributed by atoms with Crippen LogP contribution in [0.5, 0.6) is 0 Å². The van der Waals surface area contributed by atoms with E-state index in [2.05, 4.69) is 0 Å². The molecule has 142 valence electrons. The lowest BCUT2D eigenvalue weighted by Gasteiger charge is -2.42. The molecule has 27 heavy (non-hydrogen) atoms. The minimum Gasteiger partial charge on any atom is -0.342 e. The van der Waals surface area contributed by atoms with Gasteiger partial charge < -0.3 is 9.47 Å². The van der Waals surface area contributed by atoms with Crippen LogP contribution in [-0.4, -0.2) is 42.6 Å². The number of piperidine rings is 1. The molecule has 1 amide bonds. The Morgan fingerprint density at radius 1 is 1.00 bits per heavy atom. The van der Waals surface area contributed by atoms with E-state index in [9.17, 15) is 18.0 Å². The number of sulfone groups is 1. The minimum atomic E-state index is -3.46. The van der Waals surface area contributed by atoms with Gasteiger partial charge in [0.15, 0.2) is 9.84 Å². The molecule has 2 aliphatic rings. The number of nitrogens with zero attached hydrogens (tertiary/aromatic N) is 2. The Morgan fingerprint density at radius 3 is 2.56 bits per heavy atom. The summed E-state index contributed by atoms with van der Waals surface area (Å²) in [6, 6.07) is 13.5. The van der Waals surface area contributed by atoms with Crippen LogP contribution in [0.2, 0.25) is 0 Å². The molecule has 7 heteroatoms. The lowest BCUT2D eigenvalue weighted by molar-refractivity contribution is -0.133. The van der Waals surface area contributed by atoms with Crippen molar-refractivity contribution in [2.45, 2.75) is 30.2 Å². The first-order valence-electron chi connectivity index (χ1n) is 9.19. The standard InChI is InChI=1S/C20H22N2O4S/c23-19(9-10-27(25,26)17-5-2-1-3-6-17)21-12-15-11-16(14-21)18-7-4-8-20(24)22(18)13-15/h1-8,15-16H,9-14H2/t15-,16-/m1/s1. The number of hydrogen-bond acceptors (Lipinski definition) is 4. The van der Waals surface area contributed by atoms with Gasteiger partial charge in [-0.1, -0.05) is 24.3 Å². The van der Waals surface area contributed by atoms with Gasteiger partial charge in [0.05, 0.1) is 10.6 Å². The summed E-state index contributed by atoms with van der Waals surface area (Å²) >= 11 is 0.